The maximum Gasteiger partial charge on any atom is 0.326 e. The van der Waals surface area contributed by atoms with E-state index >= 15 is 0 Å². The molecule has 6 nitrogen and oxygen atoms in total. The summed E-state index contributed by atoms with van der Waals surface area (Å²) in [5.74, 6) is -1.58. The van der Waals surface area contributed by atoms with Gasteiger partial charge in [0.05, 0.1) is 5.52 Å². The molecule has 28 heavy (non-hydrogen) atoms. The molecule has 6 heteroatoms. The highest BCUT2D eigenvalue weighted by Gasteiger charge is 2.24. The van der Waals surface area contributed by atoms with Gasteiger partial charge < -0.3 is 15.0 Å². The lowest BCUT2D eigenvalue weighted by Gasteiger charge is -2.15. The lowest BCUT2D eigenvalue weighted by molar-refractivity contribution is -0.139. The van der Waals surface area contributed by atoms with Crippen molar-refractivity contribution in [1.82, 2.24) is 14.9 Å². The van der Waals surface area contributed by atoms with Crippen LogP contribution in [0.3, 0.4) is 0 Å². The molecule has 0 radical (unpaired) electrons. The molecule has 4 rings (SSSR count). The zero-order valence-corrected chi connectivity index (χ0v) is 15.3. The molecule has 0 aliphatic carbocycles. The Balaban J connectivity index is 1.71. The van der Waals surface area contributed by atoms with E-state index < -0.39 is 17.9 Å². The molecule has 2 aromatic heterocycles. The third kappa shape index (κ3) is 3.09. The quantitative estimate of drug-likeness (QED) is 0.563. The summed E-state index contributed by atoms with van der Waals surface area (Å²) in [7, 11) is 1.88. The van der Waals surface area contributed by atoms with Gasteiger partial charge in [-0.05, 0) is 17.7 Å². The second kappa shape index (κ2) is 7.15. The van der Waals surface area contributed by atoms with Crippen LogP contribution in [0.15, 0.2) is 66.9 Å². The maximum absolute atomic E-state index is 12.9. The molecule has 0 aliphatic rings. The van der Waals surface area contributed by atoms with Gasteiger partial charge in [0.2, 0.25) is 0 Å². The standard InChI is InChI=1S/C22H19N3O3/c1-25-18-10-6-5-9-15(18)16-11-12-23-19(20(16)25)21(26)24-17(22(27)28)13-14-7-3-2-4-8-14/h2-12,17H,13H2,1H3,(H,24,26)(H,27,28). The summed E-state index contributed by atoms with van der Waals surface area (Å²) in [6, 6.07) is 17.9. The summed E-state index contributed by atoms with van der Waals surface area (Å²) in [4.78, 5) is 28.9. The van der Waals surface area contributed by atoms with Gasteiger partial charge in [-0.1, -0.05) is 48.5 Å². The second-order valence-corrected chi connectivity index (χ2v) is 6.69. The van der Waals surface area contributed by atoms with E-state index in [9.17, 15) is 14.7 Å². The van der Waals surface area contributed by atoms with Crippen LogP contribution in [0.4, 0.5) is 0 Å². The van der Waals surface area contributed by atoms with Gasteiger partial charge in [-0.2, -0.15) is 0 Å². The van der Waals surface area contributed by atoms with E-state index in [1.807, 2.05) is 72.3 Å². The van der Waals surface area contributed by atoms with Crippen molar-refractivity contribution < 1.29 is 14.7 Å². The summed E-state index contributed by atoms with van der Waals surface area (Å²) in [5.41, 5.74) is 2.73. The van der Waals surface area contributed by atoms with Crippen LogP contribution in [0.5, 0.6) is 0 Å². The molecule has 0 fully saturated rings. The van der Waals surface area contributed by atoms with Crippen molar-refractivity contribution >= 4 is 33.7 Å². The van der Waals surface area contributed by atoms with Crippen LogP contribution in [0, 0.1) is 0 Å². The monoisotopic (exact) mass is 373 g/mol. The third-order valence-electron chi connectivity index (χ3n) is 4.92. The van der Waals surface area contributed by atoms with Crippen molar-refractivity contribution in [3.8, 4) is 0 Å². The zero-order valence-electron chi connectivity index (χ0n) is 15.3. The fraction of sp³-hybridized carbons (Fsp3) is 0.136. The molecule has 2 heterocycles. The minimum absolute atomic E-state index is 0.201. The maximum atomic E-state index is 12.9. The predicted molar refractivity (Wildman–Crippen MR) is 107 cm³/mol. The second-order valence-electron chi connectivity index (χ2n) is 6.69. The number of nitrogens with zero attached hydrogens (tertiary/aromatic N) is 2. The van der Waals surface area contributed by atoms with Crippen LogP contribution in [-0.4, -0.2) is 32.6 Å². The summed E-state index contributed by atoms with van der Waals surface area (Å²) < 4.78 is 1.92. The van der Waals surface area contributed by atoms with Gasteiger partial charge >= 0.3 is 5.97 Å². The Bertz CT molecular complexity index is 1180. The third-order valence-corrected chi connectivity index (χ3v) is 4.92. The van der Waals surface area contributed by atoms with Crippen molar-refractivity contribution in [2.45, 2.75) is 12.5 Å². The Hall–Kier alpha value is -3.67. The molecule has 0 spiro atoms. The Morgan fingerprint density at radius 3 is 2.50 bits per heavy atom. The molecule has 0 aliphatic heterocycles. The molecular formula is C22H19N3O3. The molecule has 1 unspecified atom stereocenters. The molecule has 0 bridgehead atoms. The Kier molecular flexibility index (Phi) is 4.53. The van der Waals surface area contributed by atoms with E-state index in [4.69, 9.17) is 0 Å². The first-order valence-electron chi connectivity index (χ1n) is 8.96. The normalized spacial score (nSPS) is 12.2. The number of carboxylic acid groups (broad SMARTS) is 1. The van der Waals surface area contributed by atoms with Crippen LogP contribution in [0.25, 0.3) is 21.8 Å². The fourth-order valence-electron chi connectivity index (χ4n) is 3.57. The summed E-state index contributed by atoms with van der Waals surface area (Å²) in [6.45, 7) is 0. The van der Waals surface area contributed by atoms with Gasteiger partial charge in [-0.3, -0.25) is 4.79 Å². The number of pyridine rings is 1. The summed E-state index contributed by atoms with van der Waals surface area (Å²) in [6.07, 6.45) is 1.78. The average molecular weight is 373 g/mol. The van der Waals surface area contributed by atoms with Gasteiger partial charge in [0.25, 0.3) is 5.91 Å². The van der Waals surface area contributed by atoms with Crippen molar-refractivity contribution in [3.05, 3.63) is 78.1 Å². The number of carbonyl (C=O) groups excluding carboxylic acids is 1. The fourth-order valence-corrected chi connectivity index (χ4v) is 3.57. The topological polar surface area (TPSA) is 84.2 Å². The number of amides is 1. The van der Waals surface area contributed by atoms with Crippen molar-refractivity contribution in [2.24, 2.45) is 7.05 Å². The van der Waals surface area contributed by atoms with E-state index in [0.717, 1.165) is 21.9 Å². The number of hydrogen-bond acceptors (Lipinski definition) is 3. The van der Waals surface area contributed by atoms with Crippen molar-refractivity contribution in [3.63, 3.8) is 0 Å². The minimum Gasteiger partial charge on any atom is -0.480 e. The smallest absolute Gasteiger partial charge is 0.326 e. The molecule has 0 saturated carbocycles. The number of fused-ring (bicyclic) bond motifs is 3. The first kappa shape index (κ1) is 17.7. The molecule has 0 saturated heterocycles. The Morgan fingerprint density at radius 2 is 1.75 bits per heavy atom. The first-order chi connectivity index (χ1) is 13.6. The number of aromatic nitrogens is 2. The zero-order chi connectivity index (χ0) is 19.7. The number of hydrogen-bond donors (Lipinski definition) is 2. The van der Waals surface area contributed by atoms with Gasteiger partial charge in [0.1, 0.15) is 6.04 Å². The number of aliphatic carboxylic acids is 1. The van der Waals surface area contributed by atoms with Gasteiger partial charge in [-0.25, -0.2) is 9.78 Å². The number of carbonyl (C=O) groups is 2. The lowest BCUT2D eigenvalue weighted by Crippen LogP contribution is -2.42. The Morgan fingerprint density at radius 1 is 1.04 bits per heavy atom. The summed E-state index contributed by atoms with van der Waals surface area (Å²) >= 11 is 0. The predicted octanol–water partition coefficient (Wildman–Crippen LogP) is 3.15. The van der Waals surface area contributed by atoms with Crippen molar-refractivity contribution in [1.29, 1.82) is 0 Å². The number of rotatable bonds is 5. The number of nitrogens with one attached hydrogen (secondary N) is 1. The molecule has 140 valence electrons. The molecule has 1 atom stereocenters. The SMILES string of the molecule is Cn1c2ccccc2c2ccnc(C(=O)NC(Cc3ccccc3)C(=O)O)c21. The minimum atomic E-state index is -1.08. The molecule has 2 aromatic carbocycles. The number of carboxylic acids is 1. The molecular weight excluding hydrogens is 354 g/mol. The van der Waals surface area contributed by atoms with Crippen LogP contribution in [0.2, 0.25) is 0 Å². The lowest BCUT2D eigenvalue weighted by atomic mass is 10.1. The average Bonchev–Trinajstić information content (AvgIpc) is 3.01. The number of aryl methyl sites for hydroxylation is 1. The Labute approximate surface area is 161 Å². The van der Waals surface area contributed by atoms with E-state index in [2.05, 4.69) is 10.3 Å². The van der Waals surface area contributed by atoms with E-state index in [1.54, 1.807) is 6.20 Å². The van der Waals surface area contributed by atoms with Crippen LogP contribution in [-0.2, 0) is 18.3 Å². The highest BCUT2D eigenvalue weighted by atomic mass is 16.4. The van der Waals surface area contributed by atoms with E-state index in [-0.39, 0.29) is 12.1 Å². The molecule has 2 N–H and O–H groups in total. The first-order valence-corrected chi connectivity index (χ1v) is 8.96. The number of para-hydroxylation sites is 1. The highest BCUT2D eigenvalue weighted by molar-refractivity contribution is 6.14. The van der Waals surface area contributed by atoms with Gasteiger partial charge in [0.15, 0.2) is 5.69 Å². The molecule has 1 amide bonds. The van der Waals surface area contributed by atoms with Crippen molar-refractivity contribution in [2.75, 3.05) is 0 Å². The van der Waals surface area contributed by atoms with E-state index in [0.29, 0.717) is 5.52 Å². The van der Waals surface area contributed by atoms with Gasteiger partial charge in [-0.15, -0.1) is 0 Å². The largest absolute Gasteiger partial charge is 0.480 e. The van der Waals surface area contributed by atoms with Gasteiger partial charge in [0, 0.05) is 36.0 Å². The van der Waals surface area contributed by atoms with E-state index in [1.165, 1.54) is 0 Å². The number of benzene rings is 2. The van der Waals surface area contributed by atoms with Crippen LogP contribution >= 0.6 is 0 Å². The summed E-state index contributed by atoms with van der Waals surface area (Å²) in [5, 5.41) is 14.1. The van der Waals surface area contributed by atoms with Crippen LogP contribution in [0.1, 0.15) is 16.1 Å². The molecule has 4 aromatic rings. The highest BCUT2D eigenvalue weighted by Crippen LogP contribution is 2.29. The van der Waals surface area contributed by atoms with Crippen LogP contribution < -0.4 is 5.32 Å².